The van der Waals surface area contributed by atoms with Gasteiger partial charge in [-0.3, -0.25) is 0 Å². The molecule has 0 radical (unpaired) electrons. The van der Waals surface area contributed by atoms with E-state index in [4.69, 9.17) is 16.3 Å². The van der Waals surface area contributed by atoms with Gasteiger partial charge in [0.2, 0.25) is 0 Å². The molecule has 0 saturated carbocycles. The van der Waals surface area contributed by atoms with E-state index in [-0.39, 0.29) is 0 Å². The summed E-state index contributed by atoms with van der Waals surface area (Å²) in [5.41, 5.74) is 2.29. The highest BCUT2D eigenvalue weighted by Crippen LogP contribution is 2.25. The Hall–Kier alpha value is -1.74. The molecule has 1 aromatic carbocycles. The number of ether oxygens (including phenoxy) is 1. The van der Waals surface area contributed by atoms with Gasteiger partial charge in [-0.1, -0.05) is 19.1 Å². The SMILES string of the molecule is CCCOc1cccnc1Nc1cccc(CCCCl)c1. The number of alkyl halides is 1. The molecule has 0 aliphatic carbocycles. The molecular formula is C17H21ClN2O. The Morgan fingerprint density at radius 1 is 1.24 bits per heavy atom. The third kappa shape index (κ3) is 4.94. The van der Waals surface area contributed by atoms with E-state index in [9.17, 15) is 0 Å². The Balaban J connectivity index is 2.10. The Morgan fingerprint density at radius 2 is 2.14 bits per heavy atom. The maximum absolute atomic E-state index is 5.75. The van der Waals surface area contributed by atoms with Gasteiger partial charge in [0.25, 0.3) is 0 Å². The minimum Gasteiger partial charge on any atom is -0.490 e. The molecule has 1 aromatic heterocycles. The van der Waals surface area contributed by atoms with E-state index >= 15 is 0 Å². The van der Waals surface area contributed by atoms with E-state index in [1.807, 2.05) is 24.3 Å². The molecule has 1 heterocycles. The lowest BCUT2D eigenvalue weighted by Gasteiger charge is -2.12. The van der Waals surface area contributed by atoms with Crippen molar-refractivity contribution in [1.29, 1.82) is 0 Å². The lowest BCUT2D eigenvalue weighted by atomic mass is 10.1. The van der Waals surface area contributed by atoms with Crippen molar-refractivity contribution in [3.63, 3.8) is 0 Å². The molecule has 0 amide bonds. The summed E-state index contributed by atoms with van der Waals surface area (Å²) in [5, 5.41) is 3.33. The van der Waals surface area contributed by atoms with Gasteiger partial charge >= 0.3 is 0 Å². The van der Waals surface area contributed by atoms with Crippen LogP contribution < -0.4 is 10.1 Å². The molecule has 0 aliphatic heterocycles. The number of pyridine rings is 1. The van der Waals surface area contributed by atoms with Crippen molar-refractivity contribution in [3.05, 3.63) is 48.2 Å². The van der Waals surface area contributed by atoms with Crippen molar-refractivity contribution in [2.45, 2.75) is 26.2 Å². The van der Waals surface area contributed by atoms with Crippen molar-refractivity contribution in [2.24, 2.45) is 0 Å². The topological polar surface area (TPSA) is 34.1 Å². The first kappa shape index (κ1) is 15.6. The summed E-state index contributed by atoms with van der Waals surface area (Å²) in [5.74, 6) is 2.22. The predicted molar refractivity (Wildman–Crippen MR) is 88.8 cm³/mol. The van der Waals surface area contributed by atoms with Gasteiger partial charge in [-0.2, -0.15) is 0 Å². The number of aromatic nitrogens is 1. The summed E-state index contributed by atoms with van der Waals surface area (Å²) in [6.07, 6.45) is 4.71. The minimum absolute atomic E-state index is 0.687. The van der Waals surface area contributed by atoms with Gasteiger partial charge in [0, 0.05) is 17.8 Å². The zero-order chi connectivity index (χ0) is 14.9. The molecule has 0 bridgehead atoms. The molecule has 2 aromatic rings. The van der Waals surface area contributed by atoms with Crippen LogP contribution in [-0.2, 0) is 6.42 Å². The standard InChI is InChI=1S/C17H21ClN2O/c1-2-12-21-16-9-5-11-19-17(16)20-15-8-3-6-14(13-15)7-4-10-18/h3,5-6,8-9,11,13H,2,4,7,10,12H2,1H3,(H,19,20). The number of nitrogens with one attached hydrogen (secondary N) is 1. The van der Waals surface area contributed by atoms with Gasteiger partial charge in [0.05, 0.1) is 6.61 Å². The number of aryl methyl sites for hydroxylation is 1. The van der Waals surface area contributed by atoms with Crippen LogP contribution >= 0.6 is 11.6 Å². The lowest BCUT2D eigenvalue weighted by Crippen LogP contribution is -2.01. The van der Waals surface area contributed by atoms with Crippen LogP contribution in [0.2, 0.25) is 0 Å². The van der Waals surface area contributed by atoms with Gasteiger partial charge in [0.15, 0.2) is 11.6 Å². The van der Waals surface area contributed by atoms with Crippen molar-refractivity contribution < 1.29 is 4.74 Å². The van der Waals surface area contributed by atoms with Gasteiger partial charge < -0.3 is 10.1 Å². The van der Waals surface area contributed by atoms with Crippen LogP contribution in [0.3, 0.4) is 0 Å². The van der Waals surface area contributed by atoms with Crippen LogP contribution in [0.5, 0.6) is 5.75 Å². The minimum atomic E-state index is 0.687. The highest BCUT2D eigenvalue weighted by molar-refractivity contribution is 6.17. The fourth-order valence-electron chi connectivity index (χ4n) is 2.03. The number of nitrogens with zero attached hydrogens (tertiary/aromatic N) is 1. The van der Waals surface area contributed by atoms with Crippen molar-refractivity contribution in [3.8, 4) is 5.75 Å². The average molecular weight is 305 g/mol. The number of anilines is 2. The number of hydrogen-bond acceptors (Lipinski definition) is 3. The summed E-state index contributed by atoms with van der Waals surface area (Å²) >= 11 is 5.75. The fourth-order valence-corrected chi connectivity index (χ4v) is 2.16. The molecule has 0 aliphatic rings. The monoisotopic (exact) mass is 304 g/mol. The summed E-state index contributed by atoms with van der Waals surface area (Å²) in [6.45, 7) is 2.78. The molecule has 0 atom stereocenters. The average Bonchev–Trinajstić information content (AvgIpc) is 2.52. The Kier molecular flexibility index (Phi) is 6.35. The molecule has 0 spiro atoms. The van der Waals surface area contributed by atoms with Crippen LogP contribution in [0, 0.1) is 0 Å². The predicted octanol–water partition coefficient (Wildman–Crippen LogP) is 4.79. The van der Waals surface area contributed by atoms with Crippen LogP contribution in [0.25, 0.3) is 0 Å². The second-order valence-electron chi connectivity index (χ2n) is 4.82. The van der Waals surface area contributed by atoms with Crippen LogP contribution in [0.1, 0.15) is 25.3 Å². The van der Waals surface area contributed by atoms with Crippen LogP contribution in [-0.4, -0.2) is 17.5 Å². The third-order valence-electron chi connectivity index (χ3n) is 3.02. The Bertz CT molecular complexity index is 560. The smallest absolute Gasteiger partial charge is 0.173 e. The quantitative estimate of drug-likeness (QED) is 0.712. The Morgan fingerprint density at radius 3 is 2.95 bits per heavy atom. The van der Waals surface area contributed by atoms with E-state index in [0.717, 1.165) is 36.5 Å². The van der Waals surface area contributed by atoms with Gasteiger partial charge in [-0.05, 0) is 49.1 Å². The molecule has 0 fully saturated rings. The summed E-state index contributed by atoms with van der Waals surface area (Å²) in [4.78, 5) is 4.36. The molecule has 112 valence electrons. The summed E-state index contributed by atoms with van der Waals surface area (Å²) in [7, 11) is 0. The molecule has 4 heteroatoms. The van der Waals surface area contributed by atoms with E-state index in [1.165, 1.54) is 5.56 Å². The zero-order valence-electron chi connectivity index (χ0n) is 12.3. The Labute approximate surface area is 131 Å². The fraction of sp³-hybridized carbons (Fsp3) is 0.353. The van der Waals surface area contributed by atoms with E-state index in [1.54, 1.807) is 6.20 Å². The molecule has 1 N–H and O–H groups in total. The van der Waals surface area contributed by atoms with Crippen molar-refractivity contribution in [1.82, 2.24) is 4.98 Å². The maximum atomic E-state index is 5.75. The van der Waals surface area contributed by atoms with Crippen LogP contribution in [0.4, 0.5) is 11.5 Å². The largest absolute Gasteiger partial charge is 0.490 e. The first-order valence-corrected chi connectivity index (χ1v) is 7.86. The summed E-state index contributed by atoms with van der Waals surface area (Å²) in [6, 6.07) is 12.1. The molecule has 0 saturated heterocycles. The lowest BCUT2D eigenvalue weighted by molar-refractivity contribution is 0.318. The van der Waals surface area contributed by atoms with Crippen LogP contribution in [0.15, 0.2) is 42.6 Å². The number of benzene rings is 1. The normalized spacial score (nSPS) is 10.4. The molecule has 21 heavy (non-hydrogen) atoms. The first-order valence-electron chi connectivity index (χ1n) is 7.33. The molecule has 0 unspecified atom stereocenters. The van der Waals surface area contributed by atoms with Gasteiger partial charge in [-0.15, -0.1) is 11.6 Å². The number of hydrogen-bond donors (Lipinski definition) is 1. The first-order chi connectivity index (χ1) is 10.3. The van der Waals surface area contributed by atoms with Crippen molar-refractivity contribution >= 4 is 23.1 Å². The van der Waals surface area contributed by atoms with Gasteiger partial charge in [-0.25, -0.2) is 4.98 Å². The van der Waals surface area contributed by atoms with E-state index < -0.39 is 0 Å². The second kappa shape index (κ2) is 8.53. The van der Waals surface area contributed by atoms with E-state index in [2.05, 4.69) is 29.4 Å². The second-order valence-corrected chi connectivity index (χ2v) is 5.19. The number of halogens is 1. The van der Waals surface area contributed by atoms with Crippen molar-refractivity contribution in [2.75, 3.05) is 17.8 Å². The van der Waals surface area contributed by atoms with Gasteiger partial charge in [0.1, 0.15) is 0 Å². The molecule has 2 rings (SSSR count). The zero-order valence-corrected chi connectivity index (χ0v) is 13.1. The summed E-state index contributed by atoms with van der Waals surface area (Å²) < 4.78 is 5.71. The maximum Gasteiger partial charge on any atom is 0.173 e. The third-order valence-corrected chi connectivity index (χ3v) is 3.29. The highest BCUT2D eigenvalue weighted by Gasteiger charge is 2.05. The number of rotatable bonds is 8. The molecule has 3 nitrogen and oxygen atoms in total. The van der Waals surface area contributed by atoms with E-state index in [0.29, 0.717) is 12.5 Å². The molecular weight excluding hydrogens is 284 g/mol. The highest BCUT2D eigenvalue weighted by atomic mass is 35.5.